The minimum absolute atomic E-state index is 0.972. The first kappa shape index (κ1) is 10.00. The third-order valence-corrected chi connectivity index (χ3v) is 3.81. The van der Waals surface area contributed by atoms with E-state index in [1.165, 1.54) is 12.2 Å². The third-order valence-electron chi connectivity index (χ3n) is 3.81. The molecule has 0 spiro atoms. The first-order valence-electron chi connectivity index (χ1n) is 6.37. The molecule has 0 saturated carbocycles. The molecule has 0 bridgehead atoms. The SMILES string of the molecule is Cc1nc2ccc3nc4n(c3c2nc1C)CCC4. The fourth-order valence-corrected chi connectivity index (χ4v) is 2.78. The van der Waals surface area contributed by atoms with Gasteiger partial charge < -0.3 is 4.57 Å². The molecule has 0 N–H and O–H groups in total. The fraction of sp³-hybridized carbons (Fsp3) is 0.357. The van der Waals surface area contributed by atoms with E-state index in [9.17, 15) is 0 Å². The summed E-state index contributed by atoms with van der Waals surface area (Å²) in [6.45, 7) is 5.08. The Morgan fingerprint density at radius 1 is 1.00 bits per heavy atom. The highest BCUT2D eigenvalue weighted by Crippen LogP contribution is 2.28. The summed E-state index contributed by atoms with van der Waals surface area (Å²) in [6.07, 6.45) is 2.27. The number of benzene rings is 1. The van der Waals surface area contributed by atoms with E-state index < -0.39 is 0 Å². The Hall–Kier alpha value is -1.97. The summed E-state index contributed by atoms with van der Waals surface area (Å²) in [4.78, 5) is 14.0. The molecule has 0 amide bonds. The van der Waals surface area contributed by atoms with Gasteiger partial charge in [-0.25, -0.2) is 15.0 Å². The van der Waals surface area contributed by atoms with Crippen LogP contribution in [0.1, 0.15) is 23.6 Å². The molecule has 90 valence electrons. The maximum Gasteiger partial charge on any atom is 0.115 e. The van der Waals surface area contributed by atoms with Gasteiger partial charge in [-0.05, 0) is 32.4 Å². The normalized spacial score (nSPS) is 14.6. The van der Waals surface area contributed by atoms with E-state index in [1.807, 2.05) is 19.9 Å². The van der Waals surface area contributed by atoms with Gasteiger partial charge in [-0.1, -0.05) is 0 Å². The summed E-state index contributed by atoms with van der Waals surface area (Å²) in [5.41, 5.74) is 6.19. The van der Waals surface area contributed by atoms with Crippen LogP contribution in [0, 0.1) is 13.8 Å². The van der Waals surface area contributed by atoms with Crippen molar-refractivity contribution >= 4 is 22.1 Å². The van der Waals surface area contributed by atoms with E-state index in [1.54, 1.807) is 0 Å². The molecule has 3 aromatic rings. The minimum atomic E-state index is 0.972. The Balaban J connectivity index is 2.22. The van der Waals surface area contributed by atoms with Crippen LogP contribution in [0.3, 0.4) is 0 Å². The van der Waals surface area contributed by atoms with Gasteiger partial charge in [-0.3, -0.25) is 0 Å². The molecule has 4 nitrogen and oxygen atoms in total. The predicted octanol–water partition coefficient (Wildman–Crippen LogP) is 2.54. The van der Waals surface area contributed by atoms with E-state index >= 15 is 0 Å². The van der Waals surface area contributed by atoms with Crippen molar-refractivity contribution in [3.8, 4) is 0 Å². The molecule has 0 saturated heterocycles. The number of fused-ring (bicyclic) bond motifs is 5. The topological polar surface area (TPSA) is 43.6 Å². The molecular weight excluding hydrogens is 224 g/mol. The van der Waals surface area contributed by atoms with Gasteiger partial charge in [0.15, 0.2) is 0 Å². The number of nitrogens with zero attached hydrogens (tertiary/aromatic N) is 4. The first-order chi connectivity index (χ1) is 8.74. The Kier molecular flexibility index (Phi) is 1.82. The Bertz CT molecular complexity index is 785. The van der Waals surface area contributed by atoms with Crippen LogP contribution in [0.5, 0.6) is 0 Å². The molecule has 2 aromatic heterocycles. The van der Waals surface area contributed by atoms with Gasteiger partial charge in [0.1, 0.15) is 11.3 Å². The van der Waals surface area contributed by atoms with Gasteiger partial charge in [0.25, 0.3) is 0 Å². The molecule has 1 aliphatic rings. The highest BCUT2D eigenvalue weighted by atomic mass is 15.1. The molecule has 0 aliphatic carbocycles. The summed E-state index contributed by atoms with van der Waals surface area (Å²) in [5, 5.41) is 0. The number of aryl methyl sites for hydroxylation is 4. The van der Waals surface area contributed by atoms with Crippen molar-refractivity contribution in [2.24, 2.45) is 0 Å². The quantitative estimate of drug-likeness (QED) is 0.604. The monoisotopic (exact) mass is 238 g/mol. The summed E-state index contributed by atoms with van der Waals surface area (Å²) in [5.74, 6) is 1.19. The first-order valence-corrected chi connectivity index (χ1v) is 6.37. The Labute approximate surface area is 105 Å². The third kappa shape index (κ3) is 1.17. The van der Waals surface area contributed by atoms with Crippen LogP contribution in [0.2, 0.25) is 0 Å². The molecule has 0 unspecified atom stereocenters. The van der Waals surface area contributed by atoms with E-state index in [2.05, 4.69) is 15.6 Å². The minimum Gasteiger partial charge on any atom is -0.326 e. The molecule has 0 fully saturated rings. The summed E-state index contributed by atoms with van der Waals surface area (Å²) >= 11 is 0. The zero-order valence-electron chi connectivity index (χ0n) is 10.6. The smallest absolute Gasteiger partial charge is 0.115 e. The molecule has 0 radical (unpaired) electrons. The van der Waals surface area contributed by atoms with Crippen molar-refractivity contribution in [1.82, 2.24) is 19.5 Å². The second-order valence-corrected chi connectivity index (χ2v) is 4.98. The fourth-order valence-electron chi connectivity index (χ4n) is 2.78. The molecule has 18 heavy (non-hydrogen) atoms. The second kappa shape index (κ2) is 3.28. The van der Waals surface area contributed by atoms with Crippen molar-refractivity contribution in [1.29, 1.82) is 0 Å². The number of aromatic nitrogens is 4. The zero-order valence-corrected chi connectivity index (χ0v) is 10.6. The number of rotatable bonds is 0. The molecule has 1 aromatic carbocycles. The van der Waals surface area contributed by atoms with Gasteiger partial charge in [0.05, 0.1) is 27.9 Å². The van der Waals surface area contributed by atoms with Crippen LogP contribution in [0.4, 0.5) is 0 Å². The lowest BCUT2D eigenvalue weighted by atomic mass is 10.2. The van der Waals surface area contributed by atoms with Crippen molar-refractivity contribution in [2.75, 3.05) is 0 Å². The summed E-state index contributed by atoms with van der Waals surface area (Å²) in [7, 11) is 0. The lowest BCUT2D eigenvalue weighted by molar-refractivity contribution is 0.772. The number of imidazole rings is 1. The molecule has 4 heteroatoms. The van der Waals surface area contributed by atoms with Gasteiger partial charge in [-0.15, -0.1) is 0 Å². The van der Waals surface area contributed by atoms with Crippen molar-refractivity contribution in [2.45, 2.75) is 33.2 Å². The van der Waals surface area contributed by atoms with Gasteiger partial charge >= 0.3 is 0 Å². The van der Waals surface area contributed by atoms with Crippen LogP contribution in [-0.4, -0.2) is 19.5 Å². The van der Waals surface area contributed by atoms with Crippen LogP contribution >= 0.6 is 0 Å². The van der Waals surface area contributed by atoms with Crippen LogP contribution in [0.15, 0.2) is 12.1 Å². The van der Waals surface area contributed by atoms with E-state index in [0.717, 1.165) is 46.4 Å². The average molecular weight is 238 g/mol. The van der Waals surface area contributed by atoms with Gasteiger partial charge in [-0.2, -0.15) is 0 Å². The Morgan fingerprint density at radius 3 is 2.67 bits per heavy atom. The lowest BCUT2D eigenvalue weighted by Crippen LogP contribution is -1.97. The molecular formula is C14H14N4. The molecule has 4 rings (SSSR count). The van der Waals surface area contributed by atoms with E-state index in [4.69, 9.17) is 9.97 Å². The lowest BCUT2D eigenvalue weighted by Gasteiger charge is -2.05. The maximum atomic E-state index is 4.73. The van der Waals surface area contributed by atoms with Crippen LogP contribution < -0.4 is 0 Å². The number of hydrogen-bond acceptors (Lipinski definition) is 3. The average Bonchev–Trinajstić information content (AvgIpc) is 2.90. The van der Waals surface area contributed by atoms with Crippen molar-refractivity contribution in [3.05, 3.63) is 29.3 Å². The van der Waals surface area contributed by atoms with Gasteiger partial charge in [0.2, 0.25) is 0 Å². The Morgan fingerprint density at radius 2 is 1.78 bits per heavy atom. The van der Waals surface area contributed by atoms with E-state index in [0.29, 0.717) is 0 Å². The molecule has 1 aliphatic heterocycles. The van der Waals surface area contributed by atoms with Crippen LogP contribution in [0.25, 0.3) is 22.1 Å². The number of hydrogen-bond donors (Lipinski definition) is 0. The van der Waals surface area contributed by atoms with Gasteiger partial charge in [0, 0.05) is 13.0 Å². The largest absolute Gasteiger partial charge is 0.326 e. The zero-order chi connectivity index (χ0) is 12.3. The van der Waals surface area contributed by atoms with Crippen molar-refractivity contribution < 1.29 is 0 Å². The molecule has 3 heterocycles. The predicted molar refractivity (Wildman–Crippen MR) is 70.6 cm³/mol. The molecule has 0 atom stereocenters. The standard InChI is InChI=1S/C14H14N4/c1-8-9(2)16-13-10(15-8)5-6-11-14(13)18-7-3-4-12(18)17-11/h5-6H,3-4,7H2,1-2H3. The van der Waals surface area contributed by atoms with E-state index in [-0.39, 0.29) is 0 Å². The highest BCUT2D eigenvalue weighted by Gasteiger charge is 2.19. The second-order valence-electron chi connectivity index (χ2n) is 4.98. The van der Waals surface area contributed by atoms with Crippen molar-refractivity contribution in [3.63, 3.8) is 0 Å². The highest BCUT2D eigenvalue weighted by molar-refractivity contribution is 6.00. The summed E-state index contributed by atoms with van der Waals surface area (Å²) in [6, 6.07) is 4.09. The summed E-state index contributed by atoms with van der Waals surface area (Å²) < 4.78 is 2.31. The maximum absolute atomic E-state index is 4.73. The van der Waals surface area contributed by atoms with Crippen LogP contribution in [-0.2, 0) is 13.0 Å².